The monoisotopic (exact) mass is 261 g/mol. The molecular weight excluding hydrogens is 234 g/mol. The van der Waals surface area contributed by atoms with Crippen LogP contribution in [0.15, 0.2) is 24.3 Å². The molecule has 0 bridgehead atoms. The van der Waals surface area contributed by atoms with E-state index in [-0.39, 0.29) is 0 Å². The van der Waals surface area contributed by atoms with Gasteiger partial charge in [0, 0.05) is 24.8 Å². The van der Waals surface area contributed by atoms with Gasteiger partial charge in [-0.05, 0) is 52.2 Å². The summed E-state index contributed by atoms with van der Waals surface area (Å²) in [6.07, 6.45) is 4.04. The van der Waals surface area contributed by atoms with Crippen LogP contribution in [0.1, 0.15) is 24.8 Å². The molecule has 0 aromatic heterocycles. The van der Waals surface area contributed by atoms with Gasteiger partial charge in [-0.25, -0.2) is 0 Å². The van der Waals surface area contributed by atoms with Crippen molar-refractivity contribution in [2.24, 2.45) is 0 Å². The summed E-state index contributed by atoms with van der Waals surface area (Å²) >= 11 is 0. The highest BCUT2D eigenvalue weighted by atomic mass is 15.2. The van der Waals surface area contributed by atoms with Crippen molar-refractivity contribution in [2.45, 2.75) is 31.8 Å². The molecule has 1 aliphatic rings. The summed E-state index contributed by atoms with van der Waals surface area (Å²) in [5.74, 6) is 0. The van der Waals surface area contributed by atoms with E-state index < -0.39 is 0 Å². The molecule has 19 heavy (non-hydrogen) atoms. The van der Waals surface area contributed by atoms with Crippen molar-refractivity contribution in [3.8, 4) is 0 Å². The molecule has 1 unspecified atom stereocenters. The minimum atomic E-state index is 0.682. The molecule has 1 aromatic rings. The molecule has 3 nitrogen and oxygen atoms in total. The van der Waals surface area contributed by atoms with Gasteiger partial charge in [-0.2, -0.15) is 0 Å². The summed E-state index contributed by atoms with van der Waals surface area (Å²) in [4.78, 5) is 4.71. The molecule has 0 spiro atoms. The smallest absolute Gasteiger partial charge is 0.0386 e. The molecule has 3 heteroatoms. The minimum absolute atomic E-state index is 0.682. The number of piperidine rings is 1. The van der Waals surface area contributed by atoms with Crippen molar-refractivity contribution < 1.29 is 0 Å². The number of likely N-dealkylation sites (tertiary alicyclic amines) is 1. The van der Waals surface area contributed by atoms with Gasteiger partial charge in [0.1, 0.15) is 0 Å². The Labute approximate surface area is 117 Å². The van der Waals surface area contributed by atoms with Crippen molar-refractivity contribution >= 4 is 5.69 Å². The van der Waals surface area contributed by atoms with Crippen LogP contribution >= 0.6 is 0 Å². The summed E-state index contributed by atoms with van der Waals surface area (Å²) in [7, 11) is 6.48. The van der Waals surface area contributed by atoms with Gasteiger partial charge >= 0.3 is 0 Å². The van der Waals surface area contributed by atoms with Gasteiger partial charge < -0.3 is 15.1 Å². The van der Waals surface area contributed by atoms with E-state index in [0.717, 1.165) is 13.1 Å². The SMILES string of the molecule is CN(C)Cc1ccccc1NCC1CCCCN1C. The second-order valence-electron chi connectivity index (χ2n) is 5.91. The van der Waals surface area contributed by atoms with Gasteiger partial charge in [-0.1, -0.05) is 24.6 Å². The number of nitrogens with one attached hydrogen (secondary N) is 1. The van der Waals surface area contributed by atoms with Crippen LogP contribution in [0.3, 0.4) is 0 Å². The van der Waals surface area contributed by atoms with Crippen molar-refractivity contribution in [1.29, 1.82) is 0 Å². The zero-order chi connectivity index (χ0) is 13.7. The lowest BCUT2D eigenvalue weighted by atomic mass is 10.0. The van der Waals surface area contributed by atoms with Crippen LogP contribution in [0.4, 0.5) is 5.69 Å². The Morgan fingerprint density at radius 3 is 2.79 bits per heavy atom. The standard InChI is InChI=1S/C16H27N3/c1-18(2)13-14-8-4-5-10-16(14)17-12-15-9-6-7-11-19(15)3/h4-5,8,10,15,17H,6-7,9,11-13H2,1-3H3. The number of rotatable bonds is 5. The van der Waals surface area contributed by atoms with Crippen molar-refractivity contribution in [3.63, 3.8) is 0 Å². The highest BCUT2D eigenvalue weighted by Crippen LogP contribution is 2.19. The maximum atomic E-state index is 3.65. The first kappa shape index (κ1) is 14.4. The fraction of sp³-hybridized carbons (Fsp3) is 0.625. The number of likely N-dealkylation sites (N-methyl/N-ethyl adjacent to an activating group) is 1. The zero-order valence-corrected chi connectivity index (χ0v) is 12.5. The Morgan fingerprint density at radius 2 is 2.05 bits per heavy atom. The minimum Gasteiger partial charge on any atom is -0.383 e. The number of para-hydroxylation sites is 1. The second-order valence-corrected chi connectivity index (χ2v) is 5.91. The molecule has 0 saturated carbocycles. The molecule has 1 aromatic carbocycles. The Bertz CT molecular complexity index is 389. The fourth-order valence-corrected chi connectivity index (χ4v) is 2.80. The molecule has 1 fully saturated rings. The van der Waals surface area contributed by atoms with Gasteiger partial charge in [-0.3, -0.25) is 0 Å². The number of nitrogens with zero attached hydrogens (tertiary/aromatic N) is 2. The van der Waals surface area contributed by atoms with E-state index >= 15 is 0 Å². The largest absolute Gasteiger partial charge is 0.383 e. The van der Waals surface area contributed by atoms with Crippen LogP contribution in [-0.2, 0) is 6.54 Å². The molecule has 0 radical (unpaired) electrons. The quantitative estimate of drug-likeness (QED) is 0.879. The predicted molar refractivity (Wildman–Crippen MR) is 82.6 cm³/mol. The number of benzene rings is 1. The first-order valence-corrected chi connectivity index (χ1v) is 7.33. The lowest BCUT2D eigenvalue weighted by Gasteiger charge is -2.33. The molecule has 2 rings (SSSR count). The molecule has 1 aliphatic heterocycles. The van der Waals surface area contributed by atoms with Crippen LogP contribution in [0, 0.1) is 0 Å². The van der Waals surface area contributed by atoms with Crippen LogP contribution in [-0.4, -0.2) is 50.1 Å². The van der Waals surface area contributed by atoms with Crippen LogP contribution < -0.4 is 5.32 Å². The van der Waals surface area contributed by atoms with Gasteiger partial charge in [0.05, 0.1) is 0 Å². The molecule has 1 atom stereocenters. The van der Waals surface area contributed by atoms with E-state index in [1.807, 2.05) is 0 Å². The average Bonchev–Trinajstić information content (AvgIpc) is 2.39. The maximum Gasteiger partial charge on any atom is 0.0386 e. The molecule has 0 amide bonds. The van der Waals surface area contributed by atoms with Gasteiger partial charge in [0.25, 0.3) is 0 Å². The molecule has 106 valence electrons. The third kappa shape index (κ3) is 4.22. The zero-order valence-electron chi connectivity index (χ0n) is 12.5. The molecule has 1 heterocycles. The number of anilines is 1. The van der Waals surface area contributed by atoms with Gasteiger partial charge in [0.2, 0.25) is 0 Å². The number of hydrogen-bond acceptors (Lipinski definition) is 3. The second kappa shape index (κ2) is 6.92. The van der Waals surface area contributed by atoms with Crippen molar-refractivity contribution in [3.05, 3.63) is 29.8 Å². The first-order valence-electron chi connectivity index (χ1n) is 7.33. The lowest BCUT2D eigenvalue weighted by molar-refractivity contribution is 0.194. The summed E-state index contributed by atoms with van der Waals surface area (Å²) in [5.41, 5.74) is 2.67. The van der Waals surface area contributed by atoms with E-state index in [4.69, 9.17) is 0 Å². The highest BCUT2D eigenvalue weighted by Gasteiger charge is 2.18. The summed E-state index contributed by atoms with van der Waals surface area (Å²) in [6.45, 7) is 3.29. The molecule has 1 N–H and O–H groups in total. The molecule has 0 aliphatic carbocycles. The van der Waals surface area contributed by atoms with Crippen molar-refractivity contribution in [1.82, 2.24) is 9.80 Å². The first-order chi connectivity index (χ1) is 9.16. The summed E-state index contributed by atoms with van der Waals surface area (Å²) in [5, 5.41) is 3.65. The summed E-state index contributed by atoms with van der Waals surface area (Å²) in [6, 6.07) is 9.33. The van der Waals surface area contributed by atoms with Crippen LogP contribution in [0.25, 0.3) is 0 Å². The fourth-order valence-electron chi connectivity index (χ4n) is 2.80. The Balaban J connectivity index is 1.94. The van der Waals surface area contributed by atoms with E-state index in [2.05, 4.69) is 60.5 Å². The molecular formula is C16H27N3. The number of hydrogen-bond donors (Lipinski definition) is 1. The molecule has 1 saturated heterocycles. The Morgan fingerprint density at radius 1 is 1.26 bits per heavy atom. The van der Waals surface area contributed by atoms with E-state index in [0.29, 0.717) is 6.04 Å². The van der Waals surface area contributed by atoms with Crippen LogP contribution in [0.2, 0.25) is 0 Å². The predicted octanol–water partition coefficient (Wildman–Crippen LogP) is 2.64. The van der Waals surface area contributed by atoms with E-state index in [1.165, 1.54) is 37.1 Å². The van der Waals surface area contributed by atoms with Crippen LogP contribution in [0.5, 0.6) is 0 Å². The topological polar surface area (TPSA) is 18.5 Å². The average molecular weight is 261 g/mol. The maximum absolute atomic E-state index is 3.65. The van der Waals surface area contributed by atoms with E-state index in [9.17, 15) is 0 Å². The van der Waals surface area contributed by atoms with Gasteiger partial charge in [0.15, 0.2) is 0 Å². The van der Waals surface area contributed by atoms with Crippen molar-refractivity contribution in [2.75, 3.05) is 39.5 Å². The normalized spacial score (nSPS) is 20.7. The van der Waals surface area contributed by atoms with E-state index in [1.54, 1.807) is 0 Å². The third-order valence-electron chi connectivity index (χ3n) is 3.95. The summed E-state index contributed by atoms with van der Waals surface area (Å²) < 4.78 is 0. The Hall–Kier alpha value is -1.06. The Kier molecular flexibility index (Phi) is 5.23. The van der Waals surface area contributed by atoms with Gasteiger partial charge in [-0.15, -0.1) is 0 Å². The third-order valence-corrected chi connectivity index (χ3v) is 3.95. The lowest BCUT2D eigenvalue weighted by Crippen LogP contribution is -2.40. The highest BCUT2D eigenvalue weighted by molar-refractivity contribution is 5.51.